The summed E-state index contributed by atoms with van der Waals surface area (Å²) in [7, 11) is 1.42. The van der Waals surface area contributed by atoms with E-state index in [0.29, 0.717) is 12.3 Å². The van der Waals surface area contributed by atoms with Crippen LogP contribution in [0.25, 0.3) is 0 Å². The molecule has 0 aliphatic rings. The maximum absolute atomic E-state index is 13.7. The average molecular weight is 297 g/mol. The Morgan fingerprint density at radius 1 is 1.15 bits per heavy atom. The van der Waals surface area contributed by atoms with Crippen LogP contribution >= 0.6 is 11.6 Å². The van der Waals surface area contributed by atoms with Crippen molar-refractivity contribution in [1.29, 1.82) is 0 Å². The van der Waals surface area contributed by atoms with Crippen molar-refractivity contribution in [3.05, 3.63) is 65.2 Å². The van der Waals surface area contributed by atoms with Crippen LogP contribution in [0.3, 0.4) is 0 Å². The van der Waals surface area contributed by atoms with E-state index in [0.717, 1.165) is 11.1 Å². The maximum atomic E-state index is 13.7. The highest BCUT2D eigenvalue weighted by Crippen LogP contribution is 2.25. The second-order valence-corrected chi connectivity index (χ2v) is 4.89. The topological polar surface area (TPSA) is 9.23 Å². The normalized spacial score (nSPS) is 12.2. The van der Waals surface area contributed by atoms with Crippen LogP contribution in [0.2, 0.25) is 0 Å². The minimum atomic E-state index is -0.405. The van der Waals surface area contributed by atoms with E-state index in [4.69, 9.17) is 16.3 Å². The SMILES string of the molecule is COc1ccc(CC(CCl)c2cccc(F)c2)cc1F. The zero-order chi connectivity index (χ0) is 14.5. The first-order valence-electron chi connectivity index (χ1n) is 6.28. The van der Waals surface area contributed by atoms with Gasteiger partial charge in [-0.15, -0.1) is 11.6 Å². The molecule has 0 saturated heterocycles. The van der Waals surface area contributed by atoms with Crippen LogP contribution in [0.4, 0.5) is 8.78 Å². The van der Waals surface area contributed by atoms with Gasteiger partial charge in [-0.3, -0.25) is 0 Å². The van der Waals surface area contributed by atoms with Crippen LogP contribution in [-0.4, -0.2) is 13.0 Å². The Bertz CT molecular complexity index is 586. The Balaban J connectivity index is 2.20. The molecule has 0 aliphatic carbocycles. The number of rotatable bonds is 5. The molecule has 106 valence electrons. The fraction of sp³-hybridized carbons (Fsp3) is 0.250. The summed E-state index contributed by atoms with van der Waals surface area (Å²) >= 11 is 5.96. The molecule has 1 unspecified atom stereocenters. The van der Waals surface area contributed by atoms with Crippen molar-refractivity contribution in [3.8, 4) is 5.75 Å². The molecule has 0 saturated carbocycles. The second-order valence-electron chi connectivity index (χ2n) is 4.58. The van der Waals surface area contributed by atoms with Gasteiger partial charge < -0.3 is 4.74 Å². The lowest BCUT2D eigenvalue weighted by atomic mass is 9.93. The number of hydrogen-bond donors (Lipinski definition) is 0. The van der Waals surface area contributed by atoms with Gasteiger partial charge in [0.2, 0.25) is 0 Å². The number of alkyl halides is 1. The van der Waals surface area contributed by atoms with Crippen LogP contribution in [0.5, 0.6) is 5.75 Å². The highest BCUT2D eigenvalue weighted by Gasteiger charge is 2.13. The van der Waals surface area contributed by atoms with Crippen LogP contribution in [0, 0.1) is 11.6 Å². The summed E-state index contributed by atoms with van der Waals surface area (Å²) in [6.45, 7) is 0. The summed E-state index contributed by atoms with van der Waals surface area (Å²) in [5.41, 5.74) is 1.62. The van der Waals surface area contributed by atoms with Crippen molar-refractivity contribution in [1.82, 2.24) is 0 Å². The maximum Gasteiger partial charge on any atom is 0.165 e. The Hall–Kier alpha value is -1.61. The largest absolute Gasteiger partial charge is 0.494 e. The zero-order valence-electron chi connectivity index (χ0n) is 11.1. The molecule has 0 spiro atoms. The number of hydrogen-bond acceptors (Lipinski definition) is 1. The predicted octanol–water partition coefficient (Wildman–Crippen LogP) is 4.54. The molecule has 2 rings (SSSR count). The van der Waals surface area contributed by atoms with Gasteiger partial charge in [-0.05, 0) is 41.8 Å². The predicted molar refractivity (Wildman–Crippen MR) is 76.5 cm³/mol. The lowest BCUT2D eigenvalue weighted by molar-refractivity contribution is 0.386. The summed E-state index contributed by atoms with van der Waals surface area (Å²) in [4.78, 5) is 0. The van der Waals surface area contributed by atoms with Gasteiger partial charge in [0.25, 0.3) is 0 Å². The smallest absolute Gasteiger partial charge is 0.165 e. The van der Waals surface area contributed by atoms with Gasteiger partial charge in [-0.25, -0.2) is 8.78 Å². The monoisotopic (exact) mass is 296 g/mol. The number of benzene rings is 2. The first-order valence-corrected chi connectivity index (χ1v) is 6.81. The molecule has 4 heteroatoms. The molecule has 0 N–H and O–H groups in total. The van der Waals surface area contributed by atoms with Crippen molar-refractivity contribution in [2.24, 2.45) is 0 Å². The van der Waals surface area contributed by atoms with E-state index < -0.39 is 5.82 Å². The van der Waals surface area contributed by atoms with Crippen molar-refractivity contribution in [2.45, 2.75) is 12.3 Å². The highest BCUT2D eigenvalue weighted by atomic mass is 35.5. The third-order valence-corrected chi connectivity index (χ3v) is 3.58. The minimum Gasteiger partial charge on any atom is -0.494 e. The minimum absolute atomic E-state index is 0.0554. The summed E-state index contributed by atoms with van der Waals surface area (Å²) in [5.74, 6) is -0.199. The van der Waals surface area contributed by atoms with Crippen molar-refractivity contribution >= 4 is 11.6 Å². The first-order chi connectivity index (χ1) is 9.63. The Morgan fingerprint density at radius 3 is 2.55 bits per heavy atom. The number of ether oxygens (including phenoxy) is 1. The second kappa shape index (κ2) is 6.71. The molecular weight excluding hydrogens is 282 g/mol. The van der Waals surface area contributed by atoms with E-state index >= 15 is 0 Å². The van der Waals surface area contributed by atoms with Crippen LogP contribution in [-0.2, 0) is 6.42 Å². The van der Waals surface area contributed by atoms with Gasteiger partial charge in [0.05, 0.1) is 7.11 Å². The summed E-state index contributed by atoms with van der Waals surface area (Å²) < 4.78 is 31.8. The van der Waals surface area contributed by atoms with Gasteiger partial charge >= 0.3 is 0 Å². The van der Waals surface area contributed by atoms with Crippen LogP contribution in [0.1, 0.15) is 17.0 Å². The van der Waals surface area contributed by atoms with Crippen molar-refractivity contribution < 1.29 is 13.5 Å². The number of methoxy groups -OCH3 is 1. The molecule has 0 aliphatic heterocycles. The molecule has 2 aromatic rings. The van der Waals surface area contributed by atoms with Crippen molar-refractivity contribution in [3.63, 3.8) is 0 Å². The first kappa shape index (κ1) is 14.8. The lowest BCUT2D eigenvalue weighted by Gasteiger charge is -2.15. The molecule has 0 radical (unpaired) electrons. The van der Waals surface area contributed by atoms with E-state index in [9.17, 15) is 8.78 Å². The highest BCUT2D eigenvalue weighted by molar-refractivity contribution is 6.18. The summed E-state index contributed by atoms with van der Waals surface area (Å²) in [6, 6.07) is 11.1. The van der Waals surface area contributed by atoms with Gasteiger partial charge in [0.15, 0.2) is 11.6 Å². The Labute approximate surface area is 122 Å². The quantitative estimate of drug-likeness (QED) is 0.736. The van der Waals surface area contributed by atoms with E-state index in [-0.39, 0.29) is 17.5 Å². The molecule has 0 fully saturated rings. The molecule has 1 nitrogen and oxygen atoms in total. The van der Waals surface area contributed by atoms with Crippen molar-refractivity contribution in [2.75, 3.05) is 13.0 Å². The molecule has 0 bridgehead atoms. The molecule has 0 heterocycles. The molecule has 20 heavy (non-hydrogen) atoms. The van der Waals surface area contributed by atoms with E-state index in [2.05, 4.69) is 0 Å². The molecule has 2 aromatic carbocycles. The van der Waals surface area contributed by atoms with Gasteiger partial charge in [-0.1, -0.05) is 18.2 Å². The van der Waals surface area contributed by atoms with E-state index in [1.54, 1.807) is 18.2 Å². The summed E-state index contributed by atoms with van der Waals surface area (Å²) in [6.07, 6.45) is 0.549. The Kier molecular flexibility index (Phi) is 4.96. The third-order valence-electron chi connectivity index (χ3n) is 3.20. The summed E-state index contributed by atoms with van der Waals surface area (Å²) in [5, 5.41) is 0. The Morgan fingerprint density at radius 2 is 1.95 bits per heavy atom. The molecule has 1 atom stereocenters. The standard InChI is InChI=1S/C16H15ClF2O/c1-20-16-6-5-11(8-15(16)19)7-13(10-17)12-3-2-4-14(18)9-12/h2-6,8-9,13H,7,10H2,1H3. The third kappa shape index (κ3) is 3.48. The van der Waals surface area contributed by atoms with E-state index in [1.165, 1.54) is 25.3 Å². The van der Waals surface area contributed by atoms with Gasteiger partial charge in [0.1, 0.15) is 5.82 Å². The molecule has 0 aromatic heterocycles. The van der Waals surface area contributed by atoms with Gasteiger partial charge in [0, 0.05) is 11.8 Å². The molecule has 0 amide bonds. The van der Waals surface area contributed by atoms with E-state index in [1.807, 2.05) is 6.07 Å². The zero-order valence-corrected chi connectivity index (χ0v) is 11.8. The molecular formula is C16H15ClF2O. The average Bonchev–Trinajstić information content (AvgIpc) is 2.45. The van der Waals surface area contributed by atoms with Crippen LogP contribution < -0.4 is 4.74 Å². The number of halogens is 3. The fourth-order valence-electron chi connectivity index (χ4n) is 2.14. The fourth-order valence-corrected chi connectivity index (χ4v) is 2.43. The van der Waals surface area contributed by atoms with Gasteiger partial charge in [-0.2, -0.15) is 0 Å². The van der Waals surface area contributed by atoms with Crippen LogP contribution in [0.15, 0.2) is 42.5 Å². The lowest BCUT2D eigenvalue weighted by Crippen LogP contribution is -2.05.